The van der Waals surface area contributed by atoms with E-state index in [1.165, 1.54) is 12.1 Å². The highest BCUT2D eigenvalue weighted by Crippen LogP contribution is 2.46. The van der Waals surface area contributed by atoms with E-state index in [1.807, 2.05) is 18.2 Å². The minimum Gasteiger partial charge on any atom is -0.250 e. The SMILES string of the molecule is [C-]#[N+]/C(C#N)=c1/c2c(/c(=C(\C#N)[N+]#[C-])c3c1-c1ccc([N+]#[C-])c([N+]#[C-])c1C3)-c1ccc(C#N)c(C#N)c1C2. The van der Waals surface area contributed by atoms with Gasteiger partial charge in [-0.2, -0.15) is 10.5 Å². The molecule has 0 unspecified atom stereocenters. The van der Waals surface area contributed by atoms with Gasteiger partial charge < -0.3 is 0 Å². The zero-order valence-electron chi connectivity index (χ0n) is 19.3. The van der Waals surface area contributed by atoms with Gasteiger partial charge in [-0.05, 0) is 63.4 Å². The zero-order chi connectivity index (χ0) is 27.1. The summed E-state index contributed by atoms with van der Waals surface area (Å²) in [4.78, 5) is 14.0. The lowest BCUT2D eigenvalue weighted by molar-refractivity contribution is 1.19. The van der Waals surface area contributed by atoms with Crippen LogP contribution in [0.2, 0.25) is 0 Å². The van der Waals surface area contributed by atoms with Gasteiger partial charge in [0.1, 0.15) is 12.1 Å². The number of nitrogens with zero attached hydrogens (tertiary/aromatic N) is 8. The van der Waals surface area contributed by atoms with Crippen LogP contribution in [0.15, 0.2) is 24.3 Å². The minimum atomic E-state index is -0.205. The summed E-state index contributed by atoms with van der Waals surface area (Å²) in [7, 11) is 0. The third kappa shape index (κ3) is 2.82. The molecule has 0 atom stereocenters. The van der Waals surface area contributed by atoms with Gasteiger partial charge in [0.25, 0.3) is 11.4 Å². The van der Waals surface area contributed by atoms with E-state index < -0.39 is 0 Å². The van der Waals surface area contributed by atoms with Crippen molar-refractivity contribution in [3.05, 3.63) is 114 Å². The standard InChI is InChI=1S/C30H8N8/c1-35-23-8-7-17-19(30(23)38-4)10-21-27(17)28(24(13-33)36-2)20-9-18-16(6-5-15(11-31)22(18)12-32)26(20)29(21)25(14-34)37-3/h5-8H,9-10H2/b28-24-,29-25+. The van der Waals surface area contributed by atoms with Gasteiger partial charge in [0.05, 0.1) is 49.6 Å². The van der Waals surface area contributed by atoms with Gasteiger partial charge in [-0.3, -0.25) is 4.85 Å². The van der Waals surface area contributed by atoms with E-state index in [2.05, 4.69) is 25.4 Å². The Kier molecular flexibility index (Phi) is 5.17. The summed E-state index contributed by atoms with van der Waals surface area (Å²) >= 11 is 0. The molecule has 2 aliphatic carbocycles. The molecule has 0 saturated carbocycles. The maximum Gasteiger partial charge on any atom is 0.269 e. The molecule has 3 aromatic rings. The molecule has 0 bridgehead atoms. The summed E-state index contributed by atoms with van der Waals surface area (Å²) in [5, 5.41) is 40.0. The molecule has 8 heteroatoms. The van der Waals surface area contributed by atoms with Crippen LogP contribution >= 0.6 is 0 Å². The molecule has 2 aliphatic rings. The summed E-state index contributed by atoms with van der Waals surface area (Å²) < 4.78 is 0. The van der Waals surface area contributed by atoms with Gasteiger partial charge in [0.15, 0.2) is 11.4 Å². The fraction of sp³-hybridized carbons (Fsp3) is 0.0667. The Labute approximate surface area is 217 Å². The van der Waals surface area contributed by atoms with Gasteiger partial charge >= 0.3 is 0 Å². The van der Waals surface area contributed by atoms with Crippen molar-refractivity contribution in [2.75, 3.05) is 0 Å². The van der Waals surface area contributed by atoms with Crippen LogP contribution in [-0.4, -0.2) is 0 Å². The van der Waals surface area contributed by atoms with E-state index in [1.54, 1.807) is 12.1 Å². The maximum atomic E-state index is 9.95. The normalized spacial score (nSPS) is 12.6. The first-order valence-electron chi connectivity index (χ1n) is 10.9. The molecule has 0 aromatic heterocycles. The lowest BCUT2D eigenvalue weighted by atomic mass is 9.90. The van der Waals surface area contributed by atoms with Crippen molar-refractivity contribution in [1.82, 2.24) is 0 Å². The first-order valence-corrected chi connectivity index (χ1v) is 10.9. The lowest BCUT2D eigenvalue weighted by Gasteiger charge is -2.13. The molecule has 0 heterocycles. The second-order valence-electron chi connectivity index (χ2n) is 8.38. The average Bonchev–Trinajstić information content (AvgIpc) is 3.52. The van der Waals surface area contributed by atoms with Crippen molar-refractivity contribution in [2.45, 2.75) is 12.8 Å². The van der Waals surface area contributed by atoms with Crippen LogP contribution in [0.4, 0.5) is 11.4 Å². The Balaban J connectivity index is 2.13. The molecule has 0 amide bonds. The van der Waals surface area contributed by atoms with Crippen LogP contribution in [0, 0.1) is 71.6 Å². The largest absolute Gasteiger partial charge is 0.269 e. The van der Waals surface area contributed by atoms with E-state index >= 15 is 0 Å². The van der Waals surface area contributed by atoms with Crippen LogP contribution in [0.5, 0.6) is 0 Å². The summed E-state index contributed by atoms with van der Waals surface area (Å²) in [5.74, 6) is 0. The molecule has 38 heavy (non-hydrogen) atoms. The summed E-state index contributed by atoms with van der Waals surface area (Å²) in [6.07, 6.45) is 0.233. The van der Waals surface area contributed by atoms with Crippen LogP contribution < -0.4 is 10.4 Å². The number of hydrogen-bond acceptors (Lipinski definition) is 4. The van der Waals surface area contributed by atoms with E-state index in [4.69, 9.17) is 26.3 Å². The minimum absolute atomic E-state index is 0.112. The van der Waals surface area contributed by atoms with Gasteiger partial charge in [0, 0.05) is 10.4 Å². The topological polar surface area (TPSA) is 113 Å². The van der Waals surface area contributed by atoms with Crippen LogP contribution in [0.1, 0.15) is 33.4 Å². The van der Waals surface area contributed by atoms with Crippen LogP contribution in [0.3, 0.4) is 0 Å². The molecule has 8 nitrogen and oxygen atoms in total. The Bertz CT molecular complexity index is 1970. The number of hydrogen-bond donors (Lipinski definition) is 0. The number of benzene rings is 3. The van der Waals surface area contributed by atoms with Crippen molar-refractivity contribution >= 4 is 22.8 Å². The third-order valence-corrected chi connectivity index (χ3v) is 6.90. The number of rotatable bonds is 0. The summed E-state index contributed by atoms with van der Waals surface area (Å²) in [6, 6.07) is 14.4. The van der Waals surface area contributed by atoms with Gasteiger partial charge in [0.2, 0.25) is 0 Å². The summed E-state index contributed by atoms with van der Waals surface area (Å²) in [5.41, 5.74) is 4.41. The van der Waals surface area contributed by atoms with E-state index in [9.17, 15) is 21.0 Å². The van der Waals surface area contributed by atoms with E-state index in [0.717, 1.165) is 0 Å². The second kappa shape index (κ2) is 8.52. The predicted molar refractivity (Wildman–Crippen MR) is 135 cm³/mol. The molecule has 0 fully saturated rings. The van der Waals surface area contributed by atoms with Crippen LogP contribution in [0.25, 0.3) is 53.0 Å². The molecule has 168 valence electrons. The number of nitriles is 4. The second-order valence-corrected chi connectivity index (χ2v) is 8.38. The monoisotopic (exact) mass is 480 g/mol. The molecule has 3 aromatic carbocycles. The van der Waals surface area contributed by atoms with Crippen molar-refractivity contribution in [1.29, 1.82) is 21.0 Å². The van der Waals surface area contributed by atoms with Crippen molar-refractivity contribution in [2.24, 2.45) is 0 Å². The fourth-order valence-corrected chi connectivity index (χ4v) is 5.49. The van der Waals surface area contributed by atoms with Crippen LogP contribution in [-0.2, 0) is 12.8 Å². The molecule has 5 rings (SSSR count). The average molecular weight is 480 g/mol. The third-order valence-electron chi connectivity index (χ3n) is 6.90. The molecule has 0 spiro atoms. The van der Waals surface area contributed by atoms with E-state index in [0.29, 0.717) is 54.9 Å². The first-order chi connectivity index (χ1) is 18.5. The van der Waals surface area contributed by atoms with Gasteiger partial charge in [-0.15, -0.1) is 0 Å². The smallest absolute Gasteiger partial charge is 0.250 e. The molecular formula is C30H8N8. The van der Waals surface area contributed by atoms with Crippen molar-refractivity contribution in [3.8, 4) is 46.5 Å². The lowest BCUT2D eigenvalue weighted by Crippen LogP contribution is -2.25. The Morgan fingerprint density at radius 3 is 1.68 bits per heavy atom. The highest BCUT2D eigenvalue weighted by molar-refractivity contribution is 5.96. The Morgan fingerprint density at radius 2 is 1.21 bits per heavy atom. The fourth-order valence-electron chi connectivity index (χ4n) is 5.49. The van der Waals surface area contributed by atoms with Crippen molar-refractivity contribution < 1.29 is 0 Å². The quantitative estimate of drug-likeness (QED) is 0.297. The highest BCUT2D eigenvalue weighted by atomic mass is 14.8. The number of fused-ring (bicyclic) bond motifs is 6. The van der Waals surface area contributed by atoms with Gasteiger partial charge in [-0.25, -0.2) is 25.1 Å². The highest BCUT2D eigenvalue weighted by Gasteiger charge is 2.34. The molecule has 0 radical (unpaired) electrons. The van der Waals surface area contributed by atoms with E-state index in [-0.39, 0.29) is 46.7 Å². The maximum absolute atomic E-state index is 9.95. The molecule has 0 N–H and O–H groups in total. The van der Waals surface area contributed by atoms with Crippen molar-refractivity contribution in [3.63, 3.8) is 0 Å². The van der Waals surface area contributed by atoms with Gasteiger partial charge in [-0.1, -0.05) is 18.2 Å². The Hall–Kier alpha value is -6.68. The summed E-state index contributed by atoms with van der Waals surface area (Å²) in [6.45, 7) is 30.7. The zero-order valence-corrected chi connectivity index (χ0v) is 19.3. The molecule has 0 saturated heterocycles. The molecular weight excluding hydrogens is 472 g/mol. The molecule has 0 aliphatic heterocycles. The Morgan fingerprint density at radius 1 is 0.658 bits per heavy atom. The predicted octanol–water partition coefficient (Wildman–Crippen LogP) is 4.78. The first kappa shape index (κ1) is 23.1.